The summed E-state index contributed by atoms with van der Waals surface area (Å²) in [4.78, 5) is 2.19. The van der Waals surface area contributed by atoms with Crippen molar-refractivity contribution < 1.29 is 0 Å². The van der Waals surface area contributed by atoms with Crippen LogP contribution in [-0.4, -0.2) is 27.2 Å². The summed E-state index contributed by atoms with van der Waals surface area (Å²) in [7, 11) is 4.22. The van der Waals surface area contributed by atoms with Gasteiger partial charge in [-0.05, 0) is 53.1 Å². The van der Waals surface area contributed by atoms with E-state index in [1.165, 1.54) is 44.9 Å². The molecule has 0 atom stereocenters. The average molecular weight is 336 g/mol. The summed E-state index contributed by atoms with van der Waals surface area (Å²) >= 11 is 0. The summed E-state index contributed by atoms with van der Waals surface area (Å²) in [5, 5.41) is 2.85. The molecule has 2 aromatic carbocycles. The highest BCUT2D eigenvalue weighted by Crippen LogP contribution is 2.36. The summed E-state index contributed by atoms with van der Waals surface area (Å²) in [6, 6.07) is 11.8. The Morgan fingerprint density at radius 3 is 2.52 bits per heavy atom. The molecule has 4 rings (SSSR count). The lowest BCUT2D eigenvalue weighted by atomic mass is 9.72. The highest BCUT2D eigenvalue weighted by Gasteiger charge is 2.32. The summed E-state index contributed by atoms with van der Waals surface area (Å²) in [5.41, 5.74) is 7.07. The Labute approximate surface area is 152 Å². The number of nitrogens with zero attached hydrogens (tertiary/aromatic N) is 2. The minimum Gasteiger partial charge on any atom is -0.378 e. The van der Waals surface area contributed by atoms with Crippen LogP contribution in [0.5, 0.6) is 0 Å². The minimum atomic E-state index is 0. The van der Waals surface area contributed by atoms with E-state index in [9.17, 15) is 0 Å². The molecule has 0 radical (unpaired) electrons. The van der Waals surface area contributed by atoms with Gasteiger partial charge in [0.2, 0.25) is 5.36 Å². The van der Waals surface area contributed by atoms with Crippen LogP contribution in [0.4, 0.5) is 5.69 Å². The van der Waals surface area contributed by atoms with E-state index in [0.29, 0.717) is 0 Å². The van der Waals surface area contributed by atoms with E-state index in [2.05, 4.69) is 80.7 Å². The van der Waals surface area contributed by atoms with Gasteiger partial charge in [0.1, 0.15) is 13.1 Å². The minimum absolute atomic E-state index is 0. The number of rotatable bonds is 2. The highest BCUT2D eigenvalue weighted by molar-refractivity contribution is 5.67. The van der Waals surface area contributed by atoms with Gasteiger partial charge in [-0.15, -0.1) is 0 Å². The summed E-state index contributed by atoms with van der Waals surface area (Å²) in [6.45, 7) is 9.25. The van der Waals surface area contributed by atoms with Gasteiger partial charge in [-0.25, -0.2) is 4.58 Å². The molecule has 0 bridgehead atoms. The first-order chi connectivity index (χ1) is 11.4. The number of hydrogen-bond acceptors (Lipinski definition) is 1. The van der Waals surface area contributed by atoms with Crippen LogP contribution in [0.15, 0.2) is 30.3 Å². The molecule has 132 valence electrons. The first-order valence-electron chi connectivity index (χ1n) is 9.00. The van der Waals surface area contributed by atoms with Gasteiger partial charge in [0.05, 0.1) is 0 Å². The zero-order chi connectivity index (χ0) is 17.1. The first-order valence-corrected chi connectivity index (χ1v) is 9.00. The van der Waals surface area contributed by atoms with Crippen LogP contribution in [0, 0.1) is 0 Å². The van der Waals surface area contributed by atoms with Gasteiger partial charge in [-0.1, -0.05) is 27.3 Å². The van der Waals surface area contributed by atoms with Crippen molar-refractivity contribution in [1.29, 1.82) is 0 Å². The molecule has 2 heteroatoms. The lowest BCUT2D eigenvalue weighted by Gasteiger charge is -2.32. The average Bonchev–Trinajstić information content (AvgIpc) is 2.95. The van der Waals surface area contributed by atoms with Crippen LogP contribution in [-0.2, 0) is 11.8 Å². The molecule has 1 aliphatic heterocycles. The normalized spacial score (nSPS) is 16.3. The van der Waals surface area contributed by atoms with Crippen LogP contribution in [0.1, 0.15) is 50.5 Å². The molecule has 0 N–H and O–H groups in total. The van der Waals surface area contributed by atoms with Crippen LogP contribution in [0.25, 0.3) is 6.08 Å². The molecule has 0 saturated carbocycles. The van der Waals surface area contributed by atoms with Crippen molar-refractivity contribution in [3.05, 3.63) is 63.2 Å². The van der Waals surface area contributed by atoms with Crippen molar-refractivity contribution in [2.24, 2.45) is 0 Å². The third kappa shape index (κ3) is 2.59. The largest absolute Gasteiger partial charge is 0.378 e. The van der Waals surface area contributed by atoms with Crippen molar-refractivity contribution in [2.75, 3.05) is 32.1 Å². The summed E-state index contributed by atoms with van der Waals surface area (Å²) in [6.07, 6.45) is 3.56. The second-order valence-corrected chi connectivity index (χ2v) is 7.83. The fraction of sp³-hybridized carbons (Fsp3) is 0.435. The Kier molecular flexibility index (Phi) is 4.26. The zero-order valence-corrected chi connectivity index (χ0v) is 15.5. The highest BCUT2D eigenvalue weighted by atomic mass is 15.1. The Balaban J connectivity index is 0.00000182. The van der Waals surface area contributed by atoms with Crippen LogP contribution >= 0.6 is 0 Å². The maximum Gasteiger partial charge on any atom is 0.203 e. The number of anilines is 1. The first kappa shape index (κ1) is 17.7. The Hall–Kier alpha value is -2.09. The lowest BCUT2D eigenvalue weighted by Crippen LogP contribution is -2.36. The molecule has 1 aliphatic carbocycles. The molecule has 25 heavy (non-hydrogen) atoms. The van der Waals surface area contributed by atoms with E-state index < -0.39 is 0 Å². The van der Waals surface area contributed by atoms with Gasteiger partial charge >= 0.3 is 0 Å². The SMILES string of the molecule is C.CC[N+]1=c2cc3c(cc2CC1)=Cc1ccc(N(C)C)cc1C3(C)C. The quantitative estimate of drug-likeness (QED) is 0.765. The molecule has 1 heterocycles. The number of fused-ring (bicyclic) bond motifs is 3. The van der Waals surface area contributed by atoms with Crippen molar-refractivity contribution in [1.82, 2.24) is 4.58 Å². The molecule has 0 saturated heterocycles. The van der Waals surface area contributed by atoms with Crippen molar-refractivity contribution >= 4 is 11.8 Å². The maximum absolute atomic E-state index is 2.51. The fourth-order valence-corrected chi connectivity index (χ4v) is 4.31. The van der Waals surface area contributed by atoms with E-state index in [1.54, 1.807) is 0 Å². The van der Waals surface area contributed by atoms with Crippen molar-refractivity contribution in [3.63, 3.8) is 0 Å². The van der Waals surface area contributed by atoms with E-state index in [4.69, 9.17) is 0 Å². The molecule has 2 nitrogen and oxygen atoms in total. The third-order valence-corrected chi connectivity index (χ3v) is 5.84. The molecular weight excluding hydrogens is 304 g/mol. The number of hydrogen-bond donors (Lipinski definition) is 0. The molecule has 0 unspecified atom stereocenters. The lowest BCUT2D eigenvalue weighted by molar-refractivity contribution is 0.619. The van der Waals surface area contributed by atoms with Crippen LogP contribution < -0.4 is 20.1 Å². The molecule has 0 aromatic heterocycles. The van der Waals surface area contributed by atoms with Gasteiger partial charge in [-0.3, -0.25) is 0 Å². The predicted molar refractivity (Wildman–Crippen MR) is 109 cm³/mol. The van der Waals surface area contributed by atoms with Gasteiger partial charge in [0.25, 0.3) is 0 Å². The van der Waals surface area contributed by atoms with Gasteiger partial charge in [0, 0.05) is 43.2 Å². The molecule has 2 aromatic rings. The monoisotopic (exact) mass is 335 g/mol. The van der Waals surface area contributed by atoms with E-state index in [-0.39, 0.29) is 12.8 Å². The van der Waals surface area contributed by atoms with Gasteiger partial charge < -0.3 is 4.90 Å². The van der Waals surface area contributed by atoms with Crippen molar-refractivity contribution in [3.8, 4) is 0 Å². The Bertz CT molecular complexity index is 949. The second-order valence-electron chi connectivity index (χ2n) is 7.83. The smallest absolute Gasteiger partial charge is 0.203 e. The molecule has 0 fully saturated rings. The standard InChI is InChI=1S/C22H27N2.CH4/c1-6-24-10-9-16-12-17-11-15-7-8-18(23(4)5)13-19(15)22(2,3)20(17)14-21(16)24;/h7-8,11-14H,6,9-10H2,1-5H3;1H4/q+1;. The van der Waals surface area contributed by atoms with E-state index in [1.807, 2.05) is 0 Å². The molecular formula is C23H31N2+. The van der Waals surface area contributed by atoms with E-state index >= 15 is 0 Å². The fourth-order valence-electron chi connectivity index (χ4n) is 4.31. The summed E-state index contributed by atoms with van der Waals surface area (Å²) < 4.78 is 2.51. The van der Waals surface area contributed by atoms with Crippen LogP contribution in [0.3, 0.4) is 0 Å². The number of benzene rings is 2. The number of likely N-dealkylation sites (N-methyl/N-ethyl adjacent to an activating group) is 1. The predicted octanol–water partition coefficient (Wildman–Crippen LogP) is 2.92. The van der Waals surface area contributed by atoms with Crippen molar-refractivity contribution in [2.45, 2.75) is 40.0 Å². The Morgan fingerprint density at radius 1 is 1.08 bits per heavy atom. The summed E-state index contributed by atoms with van der Waals surface area (Å²) in [5.74, 6) is 0. The third-order valence-electron chi connectivity index (χ3n) is 5.84. The molecule has 0 amide bonds. The Morgan fingerprint density at radius 2 is 1.84 bits per heavy atom. The van der Waals surface area contributed by atoms with Gasteiger partial charge in [-0.2, -0.15) is 0 Å². The maximum atomic E-state index is 2.51. The van der Waals surface area contributed by atoms with E-state index in [0.717, 1.165) is 13.1 Å². The second kappa shape index (κ2) is 6.01. The molecule has 0 spiro atoms. The van der Waals surface area contributed by atoms with Gasteiger partial charge in [0.15, 0.2) is 0 Å². The molecule has 2 aliphatic rings. The zero-order valence-electron chi connectivity index (χ0n) is 15.5. The van der Waals surface area contributed by atoms with Crippen LogP contribution in [0.2, 0.25) is 0 Å². The topological polar surface area (TPSA) is 6.25 Å².